The largest absolute Gasteiger partial charge is 0.337 e. The van der Waals surface area contributed by atoms with E-state index in [1.165, 1.54) is 18.5 Å². The molecule has 0 aliphatic carbocycles. The van der Waals surface area contributed by atoms with Crippen molar-refractivity contribution in [1.82, 2.24) is 30.6 Å². The van der Waals surface area contributed by atoms with Crippen molar-refractivity contribution in [3.63, 3.8) is 0 Å². The Labute approximate surface area is 138 Å². The van der Waals surface area contributed by atoms with E-state index >= 15 is 0 Å². The molecule has 2 aromatic heterocycles. The normalized spacial score (nSPS) is 14.0. The average molecular weight is 330 g/mol. The van der Waals surface area contributed by atoms with Crippen molar-refractivity contribution in [2.75, 3.05) is 0 Å². The molecule has 24 heavy (non-hydrogen) atoms. The SMILES string of the molecule is CC(C)[C@@H](N[C@H](C)c1cccc(F)c1)c1nc(-c2ncn[nH]2)no1. The molecule has 7 nitrogen and oxygen atoms in total. The molecular formula is C16H19FN6O. The fourth-order valence-corrected chi connectivity index (χ4v) is 2.46. The highest BCUT2D eigenvalue weighted by atomic mass is 19.1. The summed E-state index contributed by atoms with van der Waals surface area (Å²) in [6.07, 6.45) is 1.38. The predicted octanol–water partition coefficient (Wildman–Crippen LogP) is 3.04. The number of nitrogens with zero attached hydrogens (tertiary/aromatic N) is 4. The van der Waals surface area contributed by atoms with Crippen molar-refractivity contribution >= 4 is 0 Å². The Morgan fingerprint density at radius 1 is 1.25 bits per heavy atom. The first-order valence-electron chi connectivity index (χ1n) is 7.75. The molecule has 0 radical (unpaired) electrons. The van der Waals surface area contributed by atoms with Crippen LogP contribution in [0, 0.1) is 11.7 Å². The zero-order valence-electron chi connectivity index (χ0n) is 13.7. The Hall–Kier alpha value is -2.61. The van der Waals surface area contributed by atoms with Crippen molar-refractivity contribution in [1.29, 1.82) is 0 Å². The minimum Gasteiger partial charge on any atom is -0.337 e. The van der Waals surface area contributed by atoms with E-state index in [1.807, 2.05) is 26.8 Å². The lowest BCUT2D eigenvalue weighted by atomic mass is 10.0. The van der Waals surface area contributed by atoms with E-state index in [-0.39, 0.29) is 23.8 Å². The molecule has 0 aliphatic heterocycles. The molecule has 0 saturated heterocycles. The Kier molecular flexibility index (Phi) is 4.66. The van der Waals surface area contributed by atoms with Gasteiger partial charge >= 0.3 is 0 Å². The van der Waals surface area contributed by atoms with Crippen LogP contribution in [0.4, 0.5) is 4.39 Å². The highest BCUT2D eigenvalue weighted by Crippen LogP contribution is 2.26. The number of aromatic amines is 1. The summed E-state index contributed by atoms with van der Waals surface area (Å²) in [7, 11) is 0. The van der Waals surface area contributed by atoms with E-state index in [1.54, 1.807) is 6.07 Å². The first-order valence-corrected chi connectivity index (χ1v) is 7.75. The Balaban J connectivity index is 1.80. The molecule has 3 aromatic rings. The van der Waals surface area contributed by atoms with Crippen LogP contribution in [0.3, 0.4) is 0 Å². The molecule has 0 amide bonds. The minimum absolute atomic E-state index is 0.0753. The molecule has 3 rings (SSSR count). The fraction of sp³-hybridized carbons (Fsp3) is 0.375. The van der Waals surface area contributed by atoms with Gasteiger partial charge in [0.15, 0.2) is 5.82 Å². The quantitative estimate of drug-likeness (QED) is 0.721. The van der Waals surface area contributed by atoms with Crippen molar-refractivity contribution in [3.8, 4) is 11.6 Å². The summed E-state index contributed by atoms with van der Waals surface area (Å²) in [6, 6.07) is 6.27. The summed E-state index contributed by atoms with van der Waals surface area (Å²) in [5.41, 5.74) is 0.857. The molecule has 2 heterocycles. The number of hydrogen-bond donors (Lipinski definition) is 2. The smallest absolute Gasteiger partial charge is 0.244 e. The van der Waals surface area contributed by atoms with Crippen LogP contribution in [-0.2, 0) is 0 Å². The number of benzene rings is 1. The number of nitrogens with one attached hydrogen (secondary N) is 2. The molecule has 0 fully saturated rings. The lowest BCUT2D eigenvalue weighted by Gasteiger charge is -2.23. The molecule has 2 atom stereocenters. The van der Waals surface area contributed by atoms with Crippen LogP contribution in [0.1, 0.15) is 44.3 Å². The second-order valence-electron chi connectivity index (χ2n) is 5.96. The van der Waals surface area contributed by atoms with E-state index in [0.29, 0.717) is 17.5 Å². The van der Waals surface area contributed by atoms with Gasteiger partial charge in [0.05, 0.1) is 6.04 Å². The average Bonchev–Trinajstić information content (AvgIpc) is 3.23. The molecule has 8 heteroatoms. The van der Waals surface area contributed by atoms with Gasteiger partial charge in [-0.2, -0.15) is 10.1 Å². The zero-order valence-corrected chi connectivity index (χ0v) is 13.7. The molecule has 0 spiro atoms. The van der Waals surface area contributed by atoms with E-state index in [2.05, 4.69) is 30.6 Å². The van der Waals surface area contributed by atoms with Gasteiger partial charge in [-0.3, -0.25) is 10.4 Å². The van der Waals surface area contributed by atoms with Crippen LogP contribution in [-0.4, -0.2) is 25.3 Å². The van der Waals surface area contributed by atoms with Gasteiger partial charge in [0.25, 0.3) is 0 Å². The highest BCUT2D eigenvalue weighted by molar-refractivity contribution is 5.39. The molecule has 2 N–H and O–H groups in total. The highest BCUT2D eigenvalue weighted by Gasteiger charge is 2.25. The van der Waals surface area contributed by atoms with Crippen molar-refractivity contribution < 1.29 is 8.91 Å². The Bertz CT molecular complexity index is 785. The van der Waals surface area contributed by atoms with Crippen LogP contribution in [0.15, 0.2) is 35.1 Å². The summed E-state index contributed by atoms with van der Waals surface area (Å²) in [5.74, 6) is 1.20. The molecule has 1 aromatic carbocycles. The summed E-state index contributed by atoms with van der Waals surface area (Å²) in [4.78, 5) is 8.40. The molecule has 126 valence electrons. The van der Waals surface area contributed by atoms with Gasteiger partial charge in [0, 0.05) is 6.04 Å². The lowest BCUT2D eigenvalue weighted by Crippen LogP contribution is -2.28. The molecule has 0 bridgehead atoms. The maximum absolute atomic E-state index is 13.4. The van der Waals surface area contributed by atoms with Gasteiger partial charge in [-0.15, -0.1) is 0 Å². The van der Waals surface area contributed by atoms with Gasteiger partial charge in [0.2, 0.25) is 11.7 Å². The van der Waals surface area contributed by atoms with E-state index < -0.39 is 0 Å². The van der Waals surface area contributed by atoms with Crippen molar-refractivity contribution in [2.45, 2.75) is 32.9 Å². The summed E-state index contributed by atoms with van der Waals surface area (Å²) < 4.78 is 18.8. The van der Waals surface area contributed by atoms with Crippen molar-refractivity contribution in [2.24, 2.45) is 5.92 Å². The summed E-state index contributed by atoms with van der Waals surface area (Å²) >= 11 is 0. The van der Waals surface area contributed by atoms with Crippen LogP contribution in [0.25, 0.3) is 11.6 Å². The van der Waals surface area contributed by atoms with Gasteiger partial charge in [-0.05, 0) is 30.5 Å². The maximum Gasteiger partial charge on any atom is 0.244 e. The van der Waals surface area contributed by atoms with Crippen LogP contribution >= 0.6 is 0 Å². The Morgan fingerprint density at radius 3 is 2.75 bits per heavy atom. The first-order chi connectivity index (χ1) is 11.5. The van der Waals surface area contributed by atoms with Crippen LogP contribution in [0.5, 0.6) is 0 Å². The lowest BCUT2D eigenvalue weighted by molar-refractivity contribution is 0.274. The standard InChI is InChI=1S/C16H19FN6O/c1-9(2)13(20-10(3)11-5-4-6-12(17)7-11)16-21-15(23-24-16)14-18-8-19-22-14/h4-10,13,20H,1-3H3,(H,18,19,22)/t10-,13-/m1/s1. The second kappa shape index (κ2) is 6.88. The first kappa shape index (κ1) is 16.3. The minimum atomic E-state index is -0.257. The fourth-order valence-electron chi connectivity index (χ4n) is 2.46. The maximum atomic E-state index is 13.4. The number of H-pyrrole nitrogens is 1. The monoisotopic (exact) mass is 330 g/mol. The van der Waals surface area contributed by atoms with Gasteiger partial charge in [-0.25, -0.2) is 9.37 Å². The topological polar surface area (TPSA) is 92.5 Å². The van der Waals surface area contributed by atoms with Gasteiger partial charge in [0.1, 0.15) is 12.1 Å². The second-order valence-corrected chi connectivity index (χ2v) is 5.96. The summed E-state index contributed by atoms with van der Waals surface area (Å²) in [6.45, 7) is 6.07. The van der Waals surface area contributed by atoms with E-state index in [0.717, 1.165) is 5.56 Å². The third-order valence-corrected chi connectivity index (χ3v) is 3.78. The molecule has 0 unspecified atom stereocenters. The third kappa shape index (κ3) is 3.48. The van der Waals surface area contributed by atoms with Crippen LogP contribution in [0.2, 0.25) is 0 Å². The molecular weight excluding hydrogens is 311 g/mol. The van der Waals surface area contributed by atoms with E-state index in [4.69, 9.17) is 4.52 Å². The van der Waals surface area contributed by atoms with Gasteiger partial charge in [-0.1, -0.05) is 31.1 Å². The van der Waals surface area contributed by atoms with Gasteiger partial charge < -0.3 is 4.52 Å². The Morgan fingerprint density at radius 2 is 2.08 bits per heavy atom. The summed E-state index contributed by atoms with van der Waals surface area (Å²) in [5, 5.41) is 13.8. The molecule has 0 saturated carbocycles. The predicted molar refractivity (Wildman–Crippen MR) is 85.2 cm³/mol. The zero-order chi connectivity index (χ0) is 17.1. The van der Waals surface area contributed by atoms with E-state index in [9.17, 15) is 4.39 Å². The number of hydrogen-bond acceptors (Lipinski definition) is 6. The van der Waals surface area contributed by atoms with Crippen LogP contribution < -0.4 is 5.32 Å². The molecule has 0 aliphatic rings. The third-order valence-electron chi connectivity index (χ3n) is 3.78. The number of rotatable bonds is 6. The number of halogens is 1. The number of aromatic nitrogens is 5. The van der Waals surface area contributed by atoms with Crippen molar-refractivity contribution in [3.05, 3.63) is 47.9 Å².